The minimum Gasteiger partial charge on any atom is -0.494 e. The molecule has 3 saturated carbocycles. The van der Waals surface area contributed by atoms with Crippen LogP contribution in [0.15, 0.2) is 66.4 Å². The number of fused-ring (bicyclic) bond motifs is 8. The summed E-state index contributed by atoms with van der Waals surface area (Å²) in [6.45, 7) is 6.53. The molecule has 4 N–H and O–H groups in total. The number of carbonyl (C=O) groups is 2. The minimum atomic E-state index is -1.29. The molecule has 4 fully saturated rings. The van der Waals surface area contributed by atoms with Gasteiger partial charge in [-0.2, -0.15) is 5.10 Å². The third-order valence-electron chi connectivity index (χ3n) is 17.1. The average molecular weight is 1020 g/mol. The topological polar surface area (TPSA) is 188 Å². The maximum atomic E-state index is 14.0. The van der Waals surface area contributed by atoms with Gasteiger partial charge in [-0.05, 0) is 149 Å². The summed E-state index contributed by atoms with van der Waals surface area (Å²) in [5.41, 5.74) is 2.86. The molecule has 0 radical (unpaired) electrons. The maximum Gasteiger partial charge on any atom is 0.246 e. The molecule has 1 amide bonds. The molecule has 1 aliphatic heterocycles. The zero-order chi connectivity index (χ0) is 51.6. The highest BCUT2D eigenvalue weighted by atomic mass is 31.1. The first-order valence-corrected chi connectivity index (χ1v) is 27.9. The van der Waals surface area contributed by atoms with Gasteiger partial charge in [0.05, 0.1) is 54.8 Å². The number of terminal acetylenes is 1. The van der Waals surface area contributed by atoms with Gasteiger partial charge in [-0.3, -0.25) is 14.2 Å². The van der Waals surface area contributed by atoms with Crippen molar-refractivity contribution in [3.63, 3.8) is 0 Å². The van der Waals surface area contributed by atoms with E-state index in [1.807, 2.05) is 60.3 Å². The Hall–Kier alpha value is -4.29. The van der Waals surface area contributed by atoms with Gasteiger partial charge in [-0.1, -0.05) is 75.4 Å². The second kappa shape index (κ2) is 25.0. The molecule has 1 aromatic heterocycles. The number of aryl methyl sites for hydroxylation is 1. The molecule has 4 aliphatic carbocycles. The van der Waals surface area contributed by atoms with Gasteiger partial charge in [0.25, 0.3) is 0 Å². The van der Waals surface area contributed by atoms with Gasteiger partial charge in [0.2, 0.25) is 5.91 Å². The largest absolute Gasteiger partial charge is 0.494 e. The van der Waals surface area contributed by atoms with Crippen molar-refractivity contribution >= 4 is 26.2 Å². The Bertz CT molecular complexity index is 2390. The first-order chi connectivity index (χ1) is 35.3. The van der Waals surface area contributed by atoms with Crippen molar-refractivity contribution in [2.45, 2.75) is 172 Å². The summed E-state index contributed by atoms with van der Waals surface area (Å²) in [4.78, 5) is 26.1. The Labute approximate surface area is 433 Å². The minimum absolute atomic E-state index is 0.0167. The molecule has 12 atom stereocenters. The van der Waals surface area contributed by atoms with Crippen LogP contribution in [-0.2, 0) is 45.9 Å². The number of aliphatic hydroxyl groups excluding tert-OH is 3. The Balaban J connectivity index is 0.777. The van der Waals surface area contributed by atoms with Crippen LogP contribution in [0.25, 0.3) is 11.8 Å². The third kappa shape index (κ3) is 12.1. The van der Waals surface area contributed by atoms with Gasteiger partial charge < -0.3 is 44.3 Å². The number of aliphatic hydroxyl groups is 3. The molecule has 8 rings (SSSR count). The first-order valence-electron chi connectivity index (χ1n) is 27.0. The molecule has 3 aromatic rings. The van der Waals surface area contributed by atoms with Gasteiger partial charge in [-0.25, -0.2) is 4.68 Å². The number of benzene rings is 2. The lowest BCUT2D eigenvalue weighted by atomic mass is 9.45. The number of carbonyl (C=O) groups excluding carboxylic acids is 2. The highest BCUT2D eigenvalue weighted by Crippen LogP contribution is 2.70. The lowest BCUT2D eigenvalue weighted by Crippen LogP contribution is -2.64. The lowest BCUT2D eigenvalue weighted by molar-refractivity contribution is -0.202. The highest BCUT2D eigenvalue weighted by molar-refractivity contribution is 7.24. The lowest BCUT2D eigenvalue weighted by Gasteiger charge is -2.60. The number of allylic oxidation sites excluding steroid dienone is 1. The second-order valence-electron chi connectivity index (χ2n) is 21.8. The zero-order valence-electron chi connectivity index (χ0n) is 43.1. The van der Waals surface area contributed by atoms with Crippen molar-refractivity contribution in [3.05, 3.63) is 83.2 Å². The van der Waals surface area contributed by atoms with Crippen molar-refractivity contribution in [2.75, 3.05) is 33.0 Å². The van der Waals surface area contributed by atoms with Crippen LogP contribution in [-0.4, -0.2) is 112 Å². The Morgan fingerprint density at radius 3 is 2.56 bits per heavy atom. The van der Waals surface area contributed by atoms with Crippen LogP contribution >= 0.6 is 8.46 Å². The first kappa shape index (κ1) is 55.0. The molecule has 2 heterocycles. The van der Waals surface area contributed by atoms with Gasteiger partial charge >= 0.3 is 0 Å². The van der Waals surface area contributed by atoms with Crippen LogP contribution in [0.1, 0.15) is 134 Å². The van der Waals surface area contributed by atoms with Crippen molar-refractivity contribution in [1.29, 1.82) is 0 Å². The predicted molar refractivity (Wildman–Crippen MR) is 278 cm³/mol. The summed E-state index contributed by atoms with van der Waals surface area (Å²) in [7, 11) is -0.190. The van der Waals surface area contributed by atoms with E-state index >= 15 is 0 Å². The van der Waals surface area contributed by atoms with E-state index in [1.165, 1.54) is 11.1 Å². The van der Waals surface area contributed by atoms with E-state index in [9.17, 15) is 29.5 Å². The Morgan fingerprint density at radius 2 is 1.79 bits per heavy atom. The fourth-order valence-electron chi connectivity index (χ4n) is 13.5. The second-order valence-corrected chi connectivity index (χ2v) is 22.6. The number of ketones is 1. The van der Waals surface area contributed by atoms with Crippen molar-refractivity contribution < 1.29 is 53.2 Å². The molecule has 5 aliphatic rings. The quantitative estimate of drug-likeness (QED) is 0.0235. The number of Topliss-reactive ketones (excluding diaryl/α,β-unsaturated/α-hetero) is 1. The fraction of sp³-hybridized carbons (Fsp3) is 0.638. The summed E-state index contributed by atoms with van der Waals surface area (Å²) in [6, 6.07) is 18.3. The summed E-state index contributed by atoms with van der Waals surface area (Å²) in [6.07, 6.45) is 20.2. The Morgan fingerprint density at radius 1 is 1.01 bits per heavy atom. The maximum absolute atomic E-state index is 14.0. The van der Waals surface area contributed by atoms with Crippen LogP contribution in [0.5, 0.6) is 5.75 Å². The standard InChI is InChI=1S/C58H78N3O11P/c1-5-6-7-8-11-17-39(2)70-38-52(65)59-29-31-69-55(66)49(73-67)21-14-10-15-30-68-44-26-24-43(25-27-44)61-47-32-42-23-28-45-46-33-51-58(50(64)37-62,72-53(71-51)22-16-20-40-18-12-9-13-19-40)57(46,4)35-48(63)54(45)56(42,3)34-41(47)36-60-61/h1,9,12-13,18-19,24-27,32,36,39,45-46,48-49,51,53-55,62-63,66H,6-8,10-11,14-17,20-23,28-31,33-35,37-38H2,2-4H3,(H,59,65)/t39?,45-,46-,48-,49-,51+,53?,54+,55+,56-,57-,58+/m0/s1. The van der Waals surface area contributed by atoms with E-state index < -0.39 is 48.1 Å². The molecule has 0 bridgehead atoms. The normalized spacial score (nSPS) is 29.1. The third-order valence-corrected chi connectivity index (χ3v) is 17.9. The Kier molecular flexibility index (Phi) is 18.8. The number of ether oxygens (including phenoxy) is 5. The van der Waals surface area contributed by atoms with Crippen molar-refractivity contribution in [2.24, 2.45) is 28.6 Å². The zero-order valence-corrected chi connectivity index (χ0v) is 44.0. The van der Waals surface area contributed by atoms with Crippen LogP contribution < -0.4 is 10.1 Å². The van der Waals surface area contributed by atoms with Crippen LogP contribution in [0.3, 0.4) is 0 Å². The molecule has 73 heavy (non-hydrogen) atoms. The molecule has 2 unspecified atom stereocenters. The van der Waals surface area contributed by atoms with Crippen molar-refractivity contribution in [3.8, 4) is 23.8 Å². The van der Waals surface area contributed by atoms with E-state index in [-0.39, 0.29) is 69.2 Å². The van der Waals surface area contributed by atoms with E-state index in [0.29, 0.717) is 32.3 Å². The molecule has 0 spiro atoms. The smallest absolute Gasteiger partial charge is 0.246 e. The number of hydrogen-bond acceptors (Lipinski definition) is 12. The summed E-state index contributed by atoms with van der Waals surface area (Å²) in [5, 5.41) is 40.9. The number of hydrogen-bond donors (Lipinski definition) is 4. The highest BCUT2D eigenvalue weighted by Gasteiger charge is 2.75. The number of rotatable bonds is 28. The number of nitrogens with one attached hydrogen (secondary N) is 1. The SMILES string of the molecule is C#CCCCCCC(C)OCC(=O)NCCO[C@@H](O)[C@H](CCCCCOc1ccc(-n2ncc3c2C=C2CC[C@@H]4[C@H]([C@@H](O)C[C@@]5(C)[C@H]4C[C@H]4OC(CCCc6ccccc6)O[C@]45C(=O)CO)[C@@]2(C)C3)cc1)P=O. The predicted octanol–water partition coefficient (Wildman–Crippen LogP) is 8.74. The van der Waals surface area contributed by atoms with Gasteiger partial charge in [0, 0.05) is 18.4 Å². The van der Waals surface area contributed by atoms with Gasteiger partial charge in [0.1, 0.15) is 19.0 Å². The molecule has 2 aromatic carbocycles. The monoisotopic (exact) mass is 1020 g/mol. The summed E-state index contributed by atoms with van der Waals surface area (Å²) >= 11 is 0. The number of aromatic nitrogens is 2. The van der Waals surface area contributed by atoms with Crippen molar-refractivity contribution in [1.82, 2.24) is 15.1 Å². The average Bonchev–Trinajstić information content (AvgIpc) is 4.05. The fourth-order valence-corrected chi connectivity index (χ4v) is 14.0. The van der Waals surface area contributed by atoms with E-state index in [1.54, 1.807) is 0 Å². The molecular weight excluding hydrogens is 946 g/mol. The molecule has 396 valence electrons. The van der Waals surface area contributed by atoms with Crippen LogP contribution in [0.4, 0.5) is 0 Å². The van der Waals surface area contributed by atoms with E-state index in [0.717, 1.165) is 106 Å². The number of nitrogens with zero attached hydrogens (tertiary/aromatic N) is 2. The van der Waals surface area contributed by atoms with Crippen LogP contribution in [0, 0.1) is 40.9 Å². The van der Waals surface area contributed by atoms with E-state index in [4.69, 9.17) is 35.2 Å². The van der Waals surface area contributed by atoms with Gasteiger partial charge in [-0.15, -0.1) is 12.3 Å². The molecule has 14 nitrogen and oxygen atoms in total. The number of unbranched alkanes of at least 4 members (excludes halogenated alkanes) is 5. The molecular formula is C58H78N3O11P. The van der Waals surface area contributed by atoms with E-state index in [2.05, 4.69) is 43.3 Å². The molecule has 1 saturated heterocycles. The van der Waals surface area contributed by atoms with Gasteiger partial charge in [0.15, 0.2) is 32.4 Å². The van der Waals surface area contributed by atoms with Crippen LogP contribution in [0.2, 0.25) is 0 Å². The summed E-state index contributed by atoms with van der Waals surface area (Å²) < 4.78 is 44.5. The molecule has 15 heteroatoms. The number of amides is 1. The summed E-state index contributed by atoms with van der Waals surface area (Å²) in [5.74, 6) is 3.04.